The summed E-state index contributed by atoms with van der Waals surface area (Å²) in [6, 6.07) is 0. The van der Waals surface area contributed by atoms with Crippen molar-refractivity contribution >= 4 is 17.7 Å². The number of carboxylic acid groups (broad SMARTS) is 1. The van der Waals surface area contributed by atoms with Crippen LogP contribution in [0.2, 0.25) is 0 Å². The Morgan fingerprint density at radius 1 is 1.69 bits per heavy atom. The molecule has 13 heavy (non-hydrogen) atoms. The summed E-state index contributed by atoms with van der Waals surface area (Å²) in [7, 11) is 0. The number of carboxylic acids is 1. The molecule has 2 nitrogen and oxygen atoms in total. The van der Waals surface area contributed by atoms with Crippen LogP contribution in [-0.4, -0.2) is 21.6 Å². The van der Waals surface area contributed by atoms with Gasteiger partial charge in [0, 0.05) is 4.75 Å². The average molecular weight is 202 g/mol. The van der Waals surface area contributed by atoms with E-state index in [2.05, 4.69) is 13.8 Å². The van der Waals surface area contributed by atoms with Gasteiger partial charge in [-0.1, -0.05) is 20.8 Å². The summed E-state index contributed by atoms with van der Waals surface area (Å²) < 4.78 is 0.281. The Kier molecular flexibility index (Phi) is 3.28. The van der Waals surface area contributed by atoms with Crippen molar-refractivity contribution in [3.05, 3.63) is 0 Å². The molecule has 0 aromatic rings. The Bertz CT molecular complexity index is 201. The first-order chi connectivity index (χ1) is 5.93. The fourth-order valence-corrected chi connectivity index (χ4v) is 3.24. The maximum atomic E-state index is 10.7. The number of rotatable bonds is 3. The molecule has 2 unspecified atom stereocenters. The molecule has 0 aromatic heterocycles. The molecule has 1 aliphatic heterocycles. The van der Waals surface area contributed by atoms with Crippen LogP contribution in [0.25, 0.3) is 0 Å². The highest BCUT2D eigenvalue weighted by Crippen LogP contribution is 2.45. The van der Waals surface area contributed by atoms with Crippen LogP contribution in [0.4, 0.5) is 0 Å². The molecule has 1 rings (SSSR count). The topological polar surface area (TPSA) is 37.3 Å². The quantitative estimate of drug-likeness (QED) is 0.764. The van der Waals surface area contributed by atoms with Crippen LogP contribution in [0.1, 0.15) is 33.6 Å². The molecule has 3 heteroatoms. The first-order valence-electron chi connectivity index (χ1n) is 4.80. The van der Waals surface area contributed by atoms with E-state index in [0.29, 0.717) is 5.92 Å². The van der Waals surface area contributed by atoms with Crippen LogP contribution < -0.4 is 0 Å². The van der Waals surface area contributed by atoms with Crippen molar-refractivity contribution in [2.45, 2.75) is 38.4 Å². The van der Waals surface area contributed by atoms with E-state index >= 15 is 0 Å². The summed E-state index contributed by atoms with van der Waals surface area (Å²) in [6.45, 7) is 6.26. The average Bonchev–Trinajstić information content (AvgIpc) is 2.30. The number of aliphatic carboxylic acids is 1. The van der Waals surface area contributed by atoms with Crippen molar-refractivity contribution in [3.8, 4) is 0 Å². The van der Waals surface area contributed by atoms with Gasteiger partial charge in [-0.3, -0.25) is 4.79 Å². The molecule has 1 saturated heterocycles. The highest BCUT2D eigenvalue weighted by atomic mass is 32.2. The van der Waals surface area contributed by atoms with Gasteiger partial charge in [0.15, 0.2) is 0 Å². The van der Waals surface area contributed by atoms with Gasteiger partial charge < -0.3 is 5.11 Å². The van der Waals surface area contributed by atoms with E-state index < -0.39 is 5.97 Å². The highest BCUT2D eigenvalue weighted by molar-refractivity contribution is 8.00. The van der Waals surface area contributed by atoms with E-state index in [1.807, 2.05) is 11.8 Å². The normalized spacial score (nSPS) is 28.7. The standard InChI is InChI=1S/C10H18O2S/c1-7(9(11)12)6-8-4-5-13-10(8,2)3/h7-8H,4-6H2,1-3H3,(H,11,12). The maximum Gasteiger partial charge on any atom is 0.306 e. The summed E-state index contributed by atoms with van der Waals surface area (Å²) in [6.07, 6.45) is 2.00. The lowest BCUT2D eigenvalue weighted by atomic mass is 9.85. The molecular weight excluding hydrogens is 184 g/mol. The third kappa shape index (κ3) is 2.63. The molecule has 0 aliphatic carbocycles. The molecule has 1 fully saturated rings. The van der Waals surface area contributed by atoms with Gasteiger partial charge in [-0.25, -0.2) is 0 Å². The molecule has 0 amide bonds. The number of thioether (sulfide) groups is 1. The SMILES string of the molecule is CC(CC1CCSC1(C)C)C(=O)O. The number of hydrogen-bond acceptors (Lipinski definition) is 2. The van der Waals surface area contributed by atoms with Crippen molar-refractivity contribution in [1.82, 2.24) is 0 Å². The molecule has 1 aliphatic rings. The Morgan fingerprint density at radius 2 is 2.31 bits per heavy atom. The number of hydrogen-bond donors (Lipinski definition) is 1. The minimum absolute atomic E-state index is 0.192. The van der Waals surface area contributed by atoms with Crippen LogP contribution in [0.5, 0.6) is 0 Å². The zero-order chi connectivity index (χ0) is 10.1. The second kappa shape index (κ2) is 3.91. The third-order valence-electron chi connectivity index (χ3n) is 2.98. The van der Waals surface area contributed by atoms with E-state index in [-0.39, 0.29) is 10.7 Å². The summed E-state index contributed by atoms with van der Waals surface area (Å²) in [5.41, 5.74) is 0. The second-order valence-corrected chi connectivity index (χ2v) is 6.16. The molecule has 76 valence electrons. The number of carbonyl (C=O) groups is 1. The lowest BCUT2D eigenvalue weighted by Gasteiger charge is -2.27. The van der Waals surface area contributed by atoms with E-state index in [9.17, 15) is 4.79 Å². The zero-order valence-electron chi connectivity index (χ0n) is 8.54. The molecule has 1 heterocycles. The van der Waals surface area contributed by atoms with Gasteiger partial charge in [0.25, 0.3) is 0 Å². The van der Waals surface area contributed by atoms with Crippen LogP contribution in [0.3, 0.4) is 0 Å². The van der Waals surface area contributed by atoms with Crippen molar-refractivity contribution in [3.63, 3.8) is 0 Å². The molecule has 0 bridgehead atoms. The lowest BCUT2D eigenvalue weighted by Crippen LogP contribution is -2.26. The first kappa shape index (κ1) is 10.9. The molecule has 2 atom stereocenters. The van der Waals surface area contributed by atoms with Gasteiger partial charge in [-0.05, 0) is 24.5 Å². The molecule has 0 spiro atoms. The summed E-state index contributed by atoms with van der Waals surface area (Å²) in [5.74, 6) is 0.906. The summed E-state index contributed by atoms with van der Waals surface area (Å²) in [5, 5.41) is 8.81. The molecular formula is C10H18O2S. The smallest absolute Gasteiger partial charge is 0.306 e. The van der Waals surface area contributed by atoms with Gasteiger partial charge in [-0.15, -0.1) is 0 Å². The van der Waals surface area contributed by atoms with Crippen molar-refractivity contribution in [2.75, 3.05) is 5.75 Å². The van der Waals surface area contributed by atoms with Crippen molar-refractivity contribution < 1.29 is 9.90 Å². The largest absolute Gasteiger partial charge is 0.481 e. The predicted molar refractivity (Wildman–Crippen MR) is 56.1 cm³/mol. The van der Waals surface area contributed by atoms with Crippen LogP contribution in [0.15, 0.2) is 0 Å². The highest BCUT2D eigenvalue weighted by Gasteiger charge is 2.36. The van der Waals surface area contributed by atoms with E-state index in [4.69, 9.17) is 5.11 Å². The zero-order valence-corrected chi connectivity index (χ0v) is 9.36. The fraction of sp³-hybridized carbons (Fsp3) is 0.900. The Labute approximate surface area is 84.1 Å². The van der Waals surface area contributed by atoms with Gasteiger partial charge in [0.2, 0.25) is 0 Å². The molecule has 0 radical (unpaired) electrons. The summed E-state index contributed by atoms with van der Waals surface area (Å²) >= 11 is 1.97. The first-order valence-corrected chi connectivity index (χ1v) is 5.79. The van der Waals surface area contributed by atoms with Gasteiger partial charge in [-0.2, -0.15) is 11.8 Å². The van der Waals surface area contributed by atoms with Gasteiger partial charge in [0.1, 0.15) is 0 Å². The maximum absolute atomic E-state index is 10.7. The third-order valence-corrected chi connectivity index (χ3v) is 4.50. The Morgan fingerprint density at radius 3 is 2.69 bits per heavy atom. The van der Waals surface area contributed by atoms with E-state index in [0.717, 1.165) is 6.42 Å². The van der Waals surface area contributed by atoms with Crippen LogP contribution >= 0.6 is 11.8 Å². The predicted octanol–water partition coefficient (Wildman–Crippen LogP) is 2.63. The van der Waals surface area contributed by atoms with Crippen LogP contribution in [-0.2, 0) is 4.79 Å². The fourth-order valence-electron chi connectivity index (χ4n) is 1.86. The van der Waals surface area contributed by atoms with Crippen LogP contribution in [0, 0.1) is 11.8 Å². The Balaban J connectivity index is 2.49. The van der Waals surface area contributed by atoms with Crippen molar-refractivity contribution in [1.29, 1.82) is 0 Å². The van der Waals surface area contributed by atoms with Crippen molar-refractivity contribution in [2.24, 2.45) is 11.8 Å². The van der Waals surface area contributed by atoms with E-state index in [1.165, 1.54) is 12.2 Å². The van der Waals surface area contributed by atoms with Gasteiger partial charge >= 0.3 is 5.97 Å². The molecule has 1 N–H and O–H groups in total. The monoisotopic (exact) mass is 202 g/mol. The summed E-state index contributed by atoms with van der Waals surface area (Å²) in [4.78, 5) is 10.7. The van der Waals surface area contributed by atoms with Gasteiger partial charge in [0.05, 0.1) is 5.92 Å². The minimum atomic E-state index is -0.660. The second-order valence-electron chi connectivity index (χ2n) is 4.41. The van der Waals surface area contributed by atoms with E-state index in [1.54, 1.807) is 6.92 Å². The minimum Gasteiger partial charge on any atom is -0.481 e. The molecule has 0 aromatic carbocycles. The lowest BCUT2D eigenvalue weighted by molar-refractivity contribution is -0.141. The molecule has 0 saturated carbocycles. The Hall–Kier alpha value is -0.180.